The Morgan fingerprint density at radius 2 is 1.87 bits per heavy atom. The highest BCUT2D eigenvalue weighted by atomic mass is 35.5. The lowest BCUT2D eigenvalue weighted by molar-refractivity contribution is -0.132. The second kappa shape index (κ2) is 9.94. The third-order valence-electron chi connectivity index (χ3n) is 7.91. The molecule has 2 heterocycles. The topological polar surface area (TPSA) is 116 Å². The predicted octanol–water partition coefficient (Wildman–Crippen LogP) is 5.43. The summed E-state index contributed by atoms with van der Waals surface area (Å²) in [7, 11) is 0. The molecule has 1 saturated carbocycles. The van der Waals surface area contributed by atoms with Crippen molar-refractivity contribution >= 4 is 35.1 Å². The predicted molar refractivity (Wildman–Crippen MR) is 146 cm³/mol. The summed E-state index contributed by atoms with van der Waals surface area (Å²) in [5.41, 5.74) is 2.18. The molecule has 2 N–H and O–H groups in total. The molecule has 3 aromatic rings. The number of carbonyl (C=O) groups excluding carboxylic acids is 2. The number of aliphatic imine (C=N–C) groups is 1. The molecule has 2 aliphatic rings. The van der Waals surface area contributed by atoms with Crippen LogP contribution in [0.1, 0.15) is 80.9 Å². The van der Waals surface area contributed by atoms with Crippen molar-refractivity contribution < 1.29 is 9.59 Å². The van der Waals surface area contributed by atoms with E-state index in [0.717, 1.165) is 36.8 Å². The number of anilines is 1. The van der Waals surface area contributed by atoms with Crippen LogP contribution < -0.4 is 5.32 Å². The summed E-state index contributed by atoms with van der Waals surface area (Å²) in [5.74, 6) is 0.246. The standard InChI is InChI=1S/C28H32ClN7O2/c1-17(18-8-10-19(11-9-18)24(37)30-26-32-34-35-33-26)36-25(38)23(20-6-5-7-22(29)16-20)31-28(36)14-12-21(13-15-28)27(2,3)4/h5-11,16-17,21H,12-15H2,1-4H3,(H2,30,32,33,34,35,37)/t17-,21?,28?/m1/s1. The van der Waals surface area contributed by atoms with Crippen LogP contribution in [-0.4, -0.2) is 48.7 Å². The Hall–Kier alpha value is -3.59. The van der Waals surface area contributed by atoms with Gasteiger partial charge in [-0.05, 0) is 79.0 Å². The van der Waals surface area contributed by atoms with Crippen molar-refractivity contribution in [3.63, 3.8) is 0 Å². The number of carbonyl (C=O) groups is 2. The molecule has 0 radical (unpaired) electrons. The van der Waals surface area contributed by atoms with E-state index in [1.807, 2.05) is 36.1 Å². The molecule has 5 rings (SSSR count). The van der Waals surface area contributed by atoms with Gasteiger partial charge in [0, 0.05) is 16.1 Å². The molecule has 0 bridgehead atoms. The van der Waals surface area contributed by atoms with Gasteiger partial charge in [0.05, 0.1) is 6.04 Å². The maximum absolute atomic E-state index is 14.0. The molecule has 38 heavy (non-hydrogen) atoms. The number of tetrazole rings is 1. The first kappa shape index (κ1) is 26.0. The van der Waals surface area contributed by atoms with E-state index in [1.54, 1.807) is 24.3 Å². The number of nitrogens with zero attached hydrogens (tertiary/aromatic N) is 5. The summed E-state index contributed by atoms with van der Waals surface area (Å²) in [4.78, 5) is 33.7. The van der Waals surface area contributed by atoms with E-state index in [2.05, 4.69) is 46.7 Å². The normalized spacial score (nSPS) is 22.4. The van der Waals surface area contributed by atoms with Crippen molar-refractivity contribution in [3.8, 4) is 0 Å². The summed E-state index contributed by atoms with van der Waals surface area (Å²) in [6.07, 6.45) is 3.61. The smallest absolute Gasteiger partial charge is 0.275 e. The van der Waals surface area contributed by atoms with Crippen LogP contribution in [0, 0.1) is 11.3 Å². The Labute approximate surface area is 227 Å². The van der Waals surface area contributed by atoms with Crippen LogP contribution in [0.4, 0.5) is 5.95 Å². The first-order valence-electron chi connectivity index (χ1n) is 12.9. The van der Waals surface area contributed by atoms with Gasteiger partial charge < -0.3 is 4.90 Å². The van der Waals surface area contributed by atoms with Gasteiger partial charge in [-0.25, -0.2) is 0 Å². The number of benzene rings is 2. The van der Waals surface area contributed by atoms with E-state index < -0.39 is 5.66 Å². The molecule has 0 unspecified atom stereocenters. The SMILES string of the molecule is C[C@H](c1ccc(C(=O)Nc2nn[nH]n2)cc1)N1C(=O)C(c2cccc(Cl)c2)=NC12CCC(C(C)(C)C)CC2. The van der Waals surface area contributed by atoms with Crippen LogP contribution in [0.15, 0.2) is 53.5 Å². The molecule has 10 heteroatoms. The fraction of sp³-hybridized carbons (Fsp3) is 0.429. The molecular weight excluding hydrogens is 502 g/mol. The second-order valence-corrected chi connectivity index (χ2v) is 11.7. The zero-order valence-corrected chi connectivity index (χ0v) is 22.8. The van der Waals surface area contributed by atoms with Crippen molar-refractivity contribution in [1.82, 2.24) is 25.5 Å². The van der Waals surface area contributed by atoms with Gasteiger partial charge in [-0.2, -0.15) is 5.21 Å². The van der Waals surface area contributed by atoms with Gasteiger partial charge >= 0.3 is 0 Å². The lowest BCUT2D eigenvalue weighted by Gasteiger charge is -2.46. The number of rotatable bonds is 5. The first-order chi connectivity index (χ1) is 18.1. The van der Waals surface area contributed by atoms with Gasteiger partial charge in [0.2, 0.25) is 0 Å². The molecule has 9 nitrogen and oxygen atoms in total. The number of aromatic amines is 1. The third kappa shape index (κ3) is 4.95. The van der Waals surface area contributed by atoms with E-state index >= 15 is 0 Å². The molecule has 1 aliphatic heterocycles. The van der Waals surface area contributed by atoms with Crippen molar-refractivity contribution in [1.29, 1.82) is 0 Å². The minimum Gasteiger partial charge on any atom is -0.306 e. The zero-order valence-electron chi connectivity index (χ0n) is 22.0. The van der Waals surface area contributed by atoms with E-state index in [-0.39, 0.29) is 29.2 Å². The van der Waals surface area contributed by atoms with Crippen molar-refractivity contribution in [2.24, 2.45) is 16.3 Å². The Kier molecular flexibility index (Phi) is 6.81. The molecule has 1 aliphatic carbocycles. The molecule has 0 saturated heterocycles. The highest BCUT2D eigenvalue weighted by Crippen LogP contribution is 2.49. The third-order valence-corrected chi connectivity index (χ3v) is 8.15. The molecule has 1 atom stereocenters. The lowest BCUT2D eigenvalue weighted by Crippen LogP contribution is -2.50. The number of halogens is 1. The second-order valence-electron chi connectivity index (χ2n) is 11.3. The number of H-pyrrole nitrogens is 1. The van der Waals surface area contributed by atoms with Gasteiger partial charge in [-0.1, -0.05) is 61.7 Å². The molecule has 1 spiro atoms. The fourth-order valence-electron chi connectivity index (χ4n) is 5.72. The average Bonchev–Trinajstić information content (AvgIpc) is 3.49. The largest absolute Gasteiger partial charge is 0.306 e. The van der Waals surface area contributed by atoms with Gasteiger partial charge in [0.25, 0.3) is 17.8 Å². The van der Waals surface area contributed by atoms with Crippen LogP contribution in [-0.2, 0) is 4.79 Å². The van der Waals surface area contributed by atoms with Crippen molar-refractivity contribution in [2.45, 2.75) is 65.1 Å². The highest BCUT2D eigenvalue weighted by Gasteiger charge is 2.51. The maximum Gasteiger partial charge on any atom is 0.275 e. The molecule has 1 aromatic heterocycles. The maximum atomic E-state index is 14.0. The Morgan fingerprint density at radius 3 is 2.47 bits per heavy atom. The summed E-state index contributed by atoms with van der Waals surface area (Å²) in [5, 5.41) is 16.4. The lowest BCUT2D eigenvalue weighted by atomic mass is 9.69. The van der Waals surface area contributed by atoms with E-state index in [4.69, 9.17) is 16.6 Å². The number of nitrogens with one attached hydrogen (secondary N) is 2. The van der Waals surface area contributed by atoms with Gasteiger partial charge in [0.15, 0.2) is 0 Å². The number of aromatic nitrogens is 4. The minimum absolute atomic E-state index is 0.0899. The van der Waals surface area contributed by atoms with Crippen LogP contribution in [0.25, 0.3) is 0 Å². The van der Waals surface area contributed by atoms with Crippen molar-refractivity contribution in [3.05, 3.63) is 70.2 Å². The quantitative estimate of drug-likeness (QED) is 0.453. The minimum atomic E-state index is -0.607. The molecule has 2 amide bonds. The van der Waals surface area contributed by atoms with Crippen LogP contribution >= 0.6 is 11.6 Å². The number of amides is 2. The van der Waals surface area contributed by atoms with E-state index in [0.29, 0.717) is 22.2 Å². The van der Waals surface area contributed by atoms with E-state index in [1.165, 1.54) is 0 Å². The number of hydrogen-bond donors (Lipinski definition) is 2. The molecular formula is C28H32ClN7O2. The molecule has 1 fully saturated rings. The number of hydrogen-bond acceptors (Lipinski definition) is 6. The summed E-state index contributed by atoms with van der Waals surface area (Å²) < 4.78 is 0. The van der Waals surface area contributed by atoms with Gasteiger partial charge in [-0.15, -0.1) is 5.10 Å². The highest BCUT2D eigenvalue weighted by molar-refractivity contribution is 6.47. The Balaban J connectivity index is 1.44. The van der Waals surface area contributed by atoms with Crippen LogP contribution in [0.5, 0.6) is 0 Å². The van der Waals surface area contributed by atoms with Crippen LogP contribution in [0.2, 0.25) is 5.02 Å². The summed E-state index contributed by atoms with van der Waals surface area (Å²) in [6, 6.07) is 14.3. The monoisotopic (exact) mass is 533 g/mol. The summed E-state index contributed by atoms with van der Waals surface area (Å²) >= 11 is 6.27. The Bertz CT molecular complexity index is 1350. The summed E-state index contributed by atoms with van der Waals surface area (Å²) in [6.45, 7) is 8.88. The average molecular weight is 534 g/mol. The van der Waals surface area contributed by atoms with Gasteiger partial charge in [0.1, 0.15) is 11.4 Å². The van der Waals surface area contributed by atoms with Gasteiger partial charge in [-0.3, -0.25) is 19.9 Å². The fourth-order valence-corrected chi connectivity index (χ4v) is 5.91. The molecule has 198 valence electrons. The van der Waals surface area contributed by atoms with Crippen LogP contribution in [0.3, 0.4) is 0 Å². The van der Waals surface area contributed by atoms with Crippen molar-refractivity contribution in [2.75, 3.05) is 5.32 Å². The molecule has 2 aromatic carbocycles. The zero-order chi connectivity index (χ0) is 27.1. The first-order valence-corrected chi connectivity index (χ1v) is 13.3. The van der Waals surface area contributed by atoms with E-state index in [9.17, 15) is 9.59 Å². The Morgan fingerprint density at radius 1 is 1.16 bits per heavy atom.